The highest BCUT2D eigenvalue weighted by Crippen LogP contribution is 2.32. The van der Waals surface area contributed by atoms with Crippen molar-refractivity contribution < 1.29 is 0 Å². The predicted octanol–water partition coefficient (Wildman–Crippen LogP) is 4.05. The molecule has 3 heteroatoms. The molecule has 0 aliphatic carbocycles. The van der Waals surface area contributed by atoms with Crippen LogP contribution in [0, 0.1) is 6.92 Å². The average molecular weight is 269 g/mol. The van der Waals surface area contributed by atoms with Crippen molar-refractivity contribution in [3.63, 3.8) is 0 Å². The van der Waals surface area contributed by atoms with Crippen LogP contribution in [-0.2, 0) is 6.42 Å². The second kappa shape index (κ2) is 5.31. The first-order valence-corrected chi connectivity index (χ1v) is 7.60. The summed E-state index contributed by atoms with van der Waals surface area (Å²) < 4.78 is 2.12. The maximum Gasteiger partial charge on any atom is 0.133 e. The molecule has 0 unspecified atom stereocenters. The maximum absolute atomic E-state index is 4.92. The zero-order valence-corrected chi connectivity index (χ0v) is 12.6. The second-order valence-electron chi connectivity index (χ2n) is 5.95. The summed E-state index contributed by atoms with van der Waals surface area (Å²) in [5.74, 6) is 1.68. The Labute approximate surface area is 121 Å². The molecule has 3 nitrogen and oxygen atoms in total. The van der Waals surface area contributed by atoms with Gasteiger partial charge in [-0.05, 0) is 43.7 Å². The maximum atomic E-state index is 4.92. The first-order chi connectivity index (χ1) is 9.68. The number of hydrogen-bond donors (Lipinski definition) is 1. The highest BCUT2D eigenvalue weighted by atomic mass is 15.3. The van der Waals surface area contributed by atoms with E-state index in [2.05, 4.69) is 55.0 Å². The van der Waals surface area contributed by atoms with Gasteiger partial charge in [0.1, 0.15) is 5.82 Å². The van der Waals surface area contributed by atoms with Gasteiger partial charge in [0.15, 0.2) is 0 Å². The number of nitrogens with zero attached hydrogens (tertiary/aromatic N) is 2. The normalized spacial score (nSPS) is 14.8. The number of aromatic nitrogens is 2. The number of fused-ring (bicyclic) bond motifs is 1. The van der Waals surface area contributed by atoms with Crippen LogP contribution >= 0.6 is 0 Å². The van der Waals surface area contributed by atoms with Crippen molar-refractivity contribution in [2.45, 2.75) is 46.0 Å². The van der Waals surface area contributed by atoms with E-state index in [9.17, 15) is 0 Å². The van der Waals surface area contributed by atoms with Gasteiger partial charge in [0.05, 0.1) is 11.4 Å². The third-order valence-electron chi connectivity index (χ3n) is 4.05. The summed E-state index contributed by atoms with van der Waals surface area (Å²) >= 11 is 0. The number of anilines is 1. The fraction of sp³-hybridized carbons (Fsp3) is 0.471. The number of hydrogen-bond acceptors (Lipinski definition) is 2. The molecule has 0 amide bonds. The van der Waals surface area contributed by atoms with Gasteiger partial charge in [0, 0.05) is 12.1 Å². The van der Waals surface area contributed by atoms with Gasteiger partial charge in [-0.25, -0.2) is 4.68 Å². The lowest BCUT2D eigenvalue weighted by Crippen LogP contribution is -2.08. The van der Waals surface area contributed by atoms with Crippen LogP contribution in [0.4, 0.5) is 5.82 Å². The summed E-state index contributed by atoms with van der Waals surface area (Å²) in [6, 6.07) is 8.47. The molecule has 0 atom stereocenters. The number of aryl methyl sites for hydroxylation is 1. The monoisotopic (exact) mass is 269 g/mol. The van der Waals surface area contributed by atoms with E-state index in [1.54, 1.807) is 0 Å². The van der Waals surface area contributed by atoms with E-state index < -0.39 is 0 Å². The molecule has 2 aromatic rings. The van der Waals surface area contributed by atoms with Gasteiger partial charge in [0.2, 0.25) is 0 Å². The van der Waals surface area contributed by atoms with E-state index in [0.717, 1.165) is 13.0 Å². The van der Waals surface area contributed by atoms with E-state index >= 15 is 0 Å². The lowest BCUT2D eigenvalue weighted by Gasteiger charge is -2.11. The van der Waals surface area contributed by atoms with Crippen molar-refractivity contribution in [3.8, 4) is 5.69 Å². The number of para-hydroxylation sites is 1. The molecule has 106 valence electrons. The van der Waals surface area contributed by atoms with Crippen molar-refractivity contribution >= 4 is 5.82 Å². The fourth-order valence-corrected chi connectivity index (χ4v) is 2.97. The summed E-state index contributed by atoms with van der Waals surface area (Å²) in [5.41, 5.74) is 5.11. The number of nitrogens with one attached hydrogen (secondary N) is 1. The van der Waals surface area contributed by atoms with E-state index in [0.29, 0.717) is 5.92 Å². The molecule has 0 fully saturated rings. The van der Waals surface area contributed by atoms with Crippen LogP contribution in [0.25, 0.3) is 5.69 Å². The van der Waals surface area contributed by atoms with Gasteiger partial charge in [-0.15, -0.1) is 0 Å². The average Bonchev–Trinajstić information content (AvgIpc) is 2.63. The van der Waals surface area contributed by atoms with Gasteiger partial charge < -0.3 is 5.32 Å². The van der Waals surface area contributed by atoms with Gasteiger partial charge in [0.25, 0.3) is 0 Å². The molecule has 0 saturated heterocycles. The SMILES string of the molecule is Cc1ccccc1-n1nc(C(C)C)c2c1NCCCC2. The van der Waals surface area contributed by atoms with Gasteiger partial charge in [-0.1, -0.05) is 32.0 Å². The largest absolute Gasteiger partial charge is 0.370 e. The molecule has 1 aliphatic rings. The van der Waals surface area contributed by atoms with E-state index in [-0.39, 0.29) is 0 Å². The third kappa shape index (κ3) is 2.21. The lowest BCUT2D eigenvalue weighted by atomic mass is 10.0. The quantitative estimate of drug-likeness (QED) is 0.891. The summed E-state index contributed by atoms with van der Waals surface area (Å²) in [7, 11) is 0. The van der Waals surface area contributed by atoms with Crippen molar-refractivity contribution in [3.05, 3.63) is 41.1 Å². The molecule has 1 aromatic carbocycles. The first-order valence-electron chi connectivity index (χ1n) is 7.60. The van der Waals surface area contributed by atoms with Crippen LogP contribution in [0.3, 0.4) is 0 Å². The Kier molecular flexibility index (Phi) is 3.51. The molecular weight excluding hydrogens is 246 g/mol. The van der Waals surface area contributed by atoms with Gasteiger partial charge in [-0.2, -0.15) is 5.10 Å². The minimum atomic E-state index is 0.467. The Balaban J connectivity index is 2.19. The second-order valence-corrected chi connectivity index (χ2v) is 5.95. The van der Waals surface area contributed by atoms with Crippen molar-refractivity contribution in [2.24, 2.45) is 0 Å². The zero-order valence-electron chi connectivity index (χ0n) is 12.6. The molecule has 20 heavy (non-hydrogen) atoms. The van der Waals surface area contributed by atoms with Crippen molar-refractivity contribution in [2.75, 3.05) is 11.9 Å². The van der Waals surface area contributed by atoms with E-state index in [1.165, 1.54) is 41.2 Å². The molecular formula is C17H23N3. The van der Waals surface area contributed by atoms with Crippen molar-refractivity contribution in [1.29, 1.82) is 0 Å². The Hall–Kier alpha value is -1.77. The molecule has 0 bridgehead atoms. The first kappa shape index (κ1) is 13.2. The minimum Gasteiger partial charge on any atom is -0.370 e. The molecule has 0 spiro atoms. The molecule has 1 N–H and O–H groups in total. The smallest absolute Gasteiger partial charge is 0.133 e. The van der Waals surface area contributed by atoms with Crippen LogP contribution in [0.5, 0.6) is 0 Å². The molecule has 1 aliphatic heterocycles. The van der Waals surface area contributed by atoms with Crippen LogP contribution in [0.1, 0.15) is 49.4 Å². The standard InChI is InChI=1S/C17H23N3/c1-12(2)16-14-9-6-7-11-18-17(14)20(19-16)15-10-5-4-8-13(15)3/h4-5,8,10,12,18H,6-7,9,11H2,1-3H3. The summed E-state index contributed by atoms with van der Waals surface area (Å²) in [5, 5.41) is 8.51. The van der Waals surface area contributed by atoms with Crippen LogP contribution in [-0.4, -0.2) is 16.3 Å². The Morgan fingerprint density at radius 1 is 1.20 bits per heavy atom. The summed E-state index contributed by atoms with van der Waals surface area (Å²) in [4.78, 5) is 0. The molecule has 2 heterocycles. The Morgan fingerprint density at radius 3 is 2.75 bits per heavy atom. The van der Waals surface area contributed by atoms with Crippen LogP contribution in [0.2, 0.25) is 0 Å². The van der Waals surface area contributed by atoms with Gasteiger partial charge >= 0.3 is 0 Å². The van der Waals surface area contributed by atoms with Gasteiger partial charge in [-0.3, -0.25) is 0 Å². The van der Waals surface area contributed by atoms with Crippen molar-refractivity contribution in [1.82, 2.24) is 9.78 Å². The fourth-order valence-electron chi connectivity index (χ4n) is 2.97. The number of benzene rings is 1. The highest BCUT2D eigenvalue weighted by molar-refractivity contribution is 5.56. The minimum absolute atomic E-state index is 0.467. The van der Waals surface area contributed by atoms with Crippen LogP contribution in [0.15, 0.2) is 24.3 Å². The lowest BCUT2D eigenvalue weighted by molar-refractivity contribution is 0.730. The third-order valence-corrected chi connectivity index (χ3v) is 4.05. The van der Waals surface area contributed by atoms with E-state index in [1.807, 2.05) is 0 Å². The van der Waals surface area contributed by atoms with Crippen LogP contribution < -0.4 is 5.32 Å². The molecule has 3 rings (SSSR count). The topological polar surface area (TPSA) is 29.9 Å². The molecule has 0 radical (unpaired) electrons. The zero-order chi connectivity index (χ0) is 14.1. The Morgan fingerprint density at radius 2 is 2.00 bits per heavy atom. The number of rotatable bonds is 2. The molecule has 0 saturated carbocycles. The Bertz CT molecular complexity index is 611. The summed E-state index contributed by atoms with van der Waals surface area (Å²) in [6.45, 7) is 7.66. The molecule has 1 aromatic heterocycles. The predicted molar refractivity (Wildman–Crippen MR) is 83.8 cm³/mol. The van der Waals surface area contributed by atoms with E-state index in [4.69, 9.17) is 5.10 Å². The summed E-state index contributed by atoms with van der Waals surface area (Å²) in [6.07, 6.45) is 3.63. The highest BCUT2D eigenvalue weighted by Gasteiger charge is 2.22.